The van der Waals surface area contributed by atoms with Crippen molar-refractivity contribution in [1.82, 2.24) is 0 Å². The number of hydrogen-bond acceptors (Lipinski definition) is 1. The predicted molar refractivity (Wildman–Crippen MR) is 67.3 cm³/mol. The molecule has 0 aliphatic heterocycles. The van der Waals surface area contributed by atoms with Gasteiger partial charge in [0.25, 0.3) is 0 Å². The van der Waals surface area contributed by atoms with Crippen molar-refractivity contribution in [3.63, 3.8) is 0 Å². The lowest BCUT2D eigenvalue weighted by Gasteiger charge is -2.15. The van der Waals surface area contributed by atoms with Crippen LogP contribution in [0, 0.1) is 12.8 Å². The highest BCUT2D eigenvalue weighted by Gasteiger charge is 2.08. The number of rotatable bonds is 4. The van der Waals surface area contributed by atoms with Crippen molar-refractivity contribution >= 4 is 11.6 Å². The normalized spacial score (nSPS) is 15.0. The molecule has 1 nitrogen and oxygen atoms in total. The monoisotopic (exact) mass is 225 g/mol. The van der Waals surface area contributed by atoms with E-state index in [1.807, 2.05) is 13.0 Å². The van der Waals surface area contributed by atoms with Crippen LogP contribution in [0.3, 0.4) is 0 Å². The first-order valence-electron chi connectivity index (χ1n) is 5.49. The molecule has 1 aromatic carbocycles. The molecule has 0 amide bonds. The first-order valence-corrected chi connectivity index (χ1v) is 5.87. The molecule has 1 rings (SSSR count). The van der Waals surface area contributed by atoms with E-state index in [1.54, 1.807) is 0 Å². The summed E-state index contributed by atoms with van der Waals surface area (Å²) in [5.41, 5.74) is 8.22. The first kappa shape index (κ1) is 12.5. The van der Waals surface area contributed by atoms with Crippen molar-refractivity contribution < 1.29 is 0 Å². The van der Waals surface area contributed by atoms with Crippen LogP contribution in [0.1, 0.15) is 31.4 Å². The smallest absolute Gasteiger partial charge is 0.0440 e. The highest BCUT2D eigenvalue weighted by Crippen LogP contribution is 2.22. The maximum atomic E-state index is 6.18. The average Bonchev–Trinajstić information content (AvgIpc) is 2.08. The Labute approximate surface area is 97.6 Å². The molecule has 84 valence electrons. The molecule has 2 N–H and O–H groups in total. The molecule has 0 bridgehead atoms. The second-order valence-electron chi connectivity index (χ2n) is 4.62. The largest absolute Gasteiger partial charge is 0.328 e. The molecule has 15 heavy (non-hydrogen) atoms. The summed E-state index contributed by atoms with van der Waals surface area (Å²) < 4.78 is 0. The molecule has 0 aromatic heterocycles. The standard InChI is InChI=1S/C13H20ClN/c1-9-4-5-12(13(14)8-9)7-10(2)6-11(3)15/h4-5,8,10-11H,6-7,15H2,1-3H3. The number of aryl methyl sites for hydroxylation is 1. The van der Waals surface area contributed by atoms with Crippen LogP contribution in [0.15, 0.2) is 18.2 Å². The fraction of sp³-hybridized carbons (Fsp3) is 0.538. The number of hydrogen-bond donors (Lipinski definition) is 1. The Kier molecular flexibility index (Phi) is 4.62. The summed E-state index contributed by atoms with van der Waals surface area (Å²) in [6, 6.07) is 6.52. The lowest BCUT2D eigenvalue weighted by molar-refractivity contribution is 0.480. The van der Waals surface area contributed by atoms with Gasteiger partial charge in [-0.3, -0.25) is 0 Å². The summed E-state index contributed by atoms with van der Waals surface area (Å²) in [5.74, 6) is 0.588. The van der Waals surface area contributed by atoms with Gasteiger partial charge in [-0.15, -0.1) is 0 Å². The molecule has 0 spiro atoms. The van der Waals surface area contributed by atoms with Crippen molar-refractivity contribution in [2.24, 2.45) is 11.7 Å². The summed E-state index contributed by atoms with van der Waals surface area (Å²) in [6.07, 6.45) is 2.06. The molecule has 2 heteroatoms. The van der Waals surface area contributed by atoms with Crippen LogP contribution in [-0.2, 0) is 6.42 Å². The Bertz CT molecular complexity index is 320. The number of benzene rings is 1. The molecule has 2 atom stereocenters. The molecular formula is C13H20ClN. The Morgan fingerprint density at radius 1 is 1.33 bits per heavy atom. The van der Waals surface area contributed by atoms with Gasteiger partial charge in [0.15, 0.2) is 0 Å². The van der Waals surface area contributed by atoms with E-state index < -0.39 is 0 Å². The SMILES string of the molecule is Cc1ccc(CC(C)CC(C)N)c(Cl)c1. The molecule has 0 fully saturated rings. The van der Waals surface area contributed by atoms with Gasteiger partial charge in [-0.1, -0.05) is 30.7 Å². The highest BCUT2D eigenvalue weighted by atomic mass is 35.5. The van der Waals surface area contributed by atoms with Gasteiger partial charge in [-0.05, 0) is 49.8 Å². The fourth-order valence-electron chi connectivity index (χ4n) is 1.91. The van der Waals surface area contributed by atoms with Crippen LogP contribution in [0.4, 0.5) is 0 Å². The van der Waals surface area contributed by atoms with Crippen molar-refractivity contribution in [2.45, 2.75) is 39.7 Å². The molecule has 0 saturated heterocycles. The van der Waals surface area contributed by atoms with Gasteiger partial charge in [0.2, 0.25) is 0 Å². The average molecular weight is 226 g/mol. The van der Waals surface area contributed by atoms with E-state index in [4.69, 9.17) is 17.3 Å². The third kappa shape index (κ3) is 4.23. The van der Waals surface area contributed by atoms with E-state index in [-0.39, 0.29) is 6.04 Å². The molecule has 2 unspecified atom stereocenters. The molecular weight excluding hydrogens is 206 g/mol. The first-order chi connectivity index (χ1) is 6.99. The van der Waals surface area contributed by atoms with Crippen molar-refractivity contribution in [3.05, 3.63) is 34.3 Å². The minimum atomic E-state index is 0.268. The van der Waals surface area contributed by atoms with E-state index in [0.29, 0.717) is 5.92 Å². The lowest BCUT2D eigenvalue weighted by atomic mass is 9.95. The second-order valence-corrected chi connectivity index (χ2v) is 5.02. The van der Waals surface area contributed by atoms with Crippen LogP contribution in [0.5, 0.6) is 0 Å². The van der Waals surface area contributed by atoms with E-state index in [2.05, 4.69) is 26.0 Å². The summed E-state index contributed by atoms with van der Waals surface area (Å²) in [7, 11) is 0. The van der Waals surface area contributed by atoms with Gasteiger partial charge in [-0.2, -0.15) is 0 Å². The Balaban J connectivity index is 2.64. The molecule has 0 aliphatic rings. The summed E-state index contributed by atoms with van der Waals surface area (Å²) in [5, 5.41) is 0.881. The number of halogens is 1. The zero-order valence-electron chi connectivity index (χ0n) is 9.76. The third-order valence-corrected chi connectivity index (χ3v) is 2.90. The maximum absolute atomic E-state index is 6.18. The van der Waals surface area contributed by atoms with Crippen LogP contribution in [0.25, 0.3) is 0 Å². The zero-order chi connectivity index (χ0) is 11.4. The fourth-order valence-corrected chi connectivity index (χ4v) is 2.22. The highest BCUT2D eigenvalue weighted by molar-refractivity contribution is 6.31. The lowest BCUT2D eigenvalue weighted by Crippen LogP contribution is -2.19. The van der Waals surface area contributed by atoms with Crippen molar-refractivity contribution in [1.29, 1.82) is 0 Å². The predicted octanol–water partition coefficient (Wildman–Crippen LogP) is 3.56. The molecule has 1 aromatic rings. The zero-order valence-corrected chi connectivity index (χ0v) is 10.5. The Morgan fingerprint density at radius 2 is 2.00 bits per heavy atom. The van der Waals surface area contributed by atoms with Crippen LogP contribution >= 0.6 is 11.6 Å². The molecule has 0 saturated carbocycles. The van der Waals surface area contributed by atoms with Crippen LogP contribution in [-0.4, -0.2) is 6.04 Å². The summed E-state index contributed by atoms with van der Waals surface area (Å²) in [6.45, 7) is 6.33. The quantitative estimate of drug-likeness (QED) is 0.833. The van der Waals surface area contributed by atoms with Gasteiger partial charge in [-0.25, -0.2) is 0 Å². The number of nitrogens with two attached hydrogens (primary N) is 1. The summed E-state index contributed by atoms with van der Waals surface area (Å²) in [4.78, 5) is 0. The van der Waals surface area contributed by atoms with Gasteiger partial charge >= 0.3 is 0 Å². The second kappa shape index (κ2) is 5.53. The van der Waals surface area contributed by atoms with Crippen LogP contribution in [0.2, 0.25) is 5.02 Å². The maximum Gasteiger partial charge on any atom is 0.0440 e. The van der Waals surface area contributed by atoms with Gasteiger partial charge in [0.1, 0.15) is 0 Å². The minimum Gasteiger partial charge on any atom is -0.328 e. The van der Waals surface area contributed by atoms with Gasteiger partial charge in [0, 0.05) is 11.1 Å². The Hall–Kier alpha value is -0.530. The van der Waals surface area contributed by atoms with E-state index in [1.165, 1.54) is 11.1 Å². The van der Waals surface area contributed by atoms with Gasteiger partial charge in [0.05, 0.1) is 0 Å². The van der Waals surface area contributed by atoms with Crippen molar-refractivity contribution in [3.8, 4) is 0 Å². The molecule has 0 aliphatic carbocycles. The topological polar surface area (TPSA) is 26.0 Å². The van der Waals surface area contributed by atoms with E-state index in [9.17, 15) is 0 Å². The molecule has 0 heterocycles. The third-order valence-electron chi connectivity index (χ3n) is 2.55. The van der Waals surface area contributed by atoms with Crippen LogP contribution < -0.4 is 5.73 Å². The van der Waals surface area contributed by atoms with E-state index in [0.717, 1.165) is 17.9 Å². The minimum absolute atomic E-state index is 0.268. The van der Waals surface area contributed by atoms with Gasteiger partial charge < -0.3 is 5.73 Å². The Morgan fingerprint density at radius 3 is 2.53 bits per heavy atom. The van der Waals surface area contributed by atoms with Crippen molar-refractivity contribution in [2.75, 3.05) is 0 Å². The van der Waals surface area contributed by atoms with E-state index >= 15 is 0 Å². The summed E-state index contributed by atoms with van der Waals surface area (Å²) >= 11 is 6.18. The molecule has 0 radical (unpaired) electrons.